The van der Waals surface area contributed by atoms with E-state index in [9.17, 15) is 0 Å². The summed E-state index contributed by atoms with van der Waals surface area (Å²) in [4.78, 5) is 0. The van der Waals surface area contributed by atoms with Gasteiger partial charge in [0.1, 0.15) is 0 Å². The maximum Gasteiger partial charge on any atom is 0.0568 e. The van der Waals surface area contributed by atoms with Gasteiger partial charge in [0.05, 0.1) is 12.4 Å². The van der Waals surface area contributed by atoms with Crippen LogP contribution in [0.15, 0.2) is 58.7 Å². The van der Waals surface area contributed by atoms with Gasteiger partial charge in [0.25, 0.3) is 0 Å². The highest BCUT2D eigenvalue weighted by molar-refractivity contribution is 5.82. The molecule has 1 aliphatic rings. The summed E-state index contributed by atoms with van der Waals surface area (Å²) in [7, 11) is 0. The fourth-order valence-electron chi connectivity index (χ4n) is 4.40. The molecule has 0 saturated heterocycles. The van der Waals surface area contributed by atoms with Crippen molar-refractivity contribution in [3.05, 3.63) is 70.8 Å². The second-order valence-electron chi connectivity index (χ2n) is 8.51. The van der Waals surface area contributed by atoms with Crippen molar-refractivity contribution in [2.45, 2.75) is 77.6 Å². The van der Waals surface area contributed by atoms with Gasteiger partial charge >= 0.3 is 0 Å². The molecule has 2 aromatic carbocycles. The van der Waals surface area contributed by atoms with E-state index in [1.165, 1.54) is 62.5 Å². The molecule has 2 heteroatoms. The molecule has 0 heterocycles. The molecule has 29 heavy (non-hydrogen) atoms. The van der Waals surface area contributed by atoms with Crippen LogP contribution in [0, 0.1) is 5.92 Å². The highest BCUT2D eigenvalue weighted by Crippen LogP contribution is 2.37. The molecule has 0 bridgehead atoms. The van der Waals surface area contributed by atoms with Gasteiger partial charge in [0, 0.05) is 0 Å². The monoisotopic (exact) mass is 388 g/mol. The molecule has 0 spiro atoms. The second kappa shape index (κ2) is 11.7. The molecule has 1 saturated carbocycles. The normalized spacial score (nSPS) is 19.9. The summed E-state index contributed by atoms with van der Waals surface area (Å²) in [5.41, 5.74) is 5.09. The zero-order valence-corrected chi connectivity index (χ0v) is 18.2. The van der Waals surface area contributed by atoms with Gasteiger partial charge < -0.3 is 0 Å². The third-order valence-corrected chi connectivity index (χ3v) is 6.23. The minimum absolute atomic E-state index is 0.743. The Morgan fingerprint density at radius 2 is 1.34 bits per heavy atom. The molecule has 0 aromatic heterocycles. The van der Waals surface area contributed by atoms with Crippen molar-refractivity contribution in [1.82, 2.24) is 0 Å². The number of aryl methyl sites for hydroxylation is 1. The van der Waals surface area contributed by atoms with E-state index in [4.69, 9.17) is 0 Å². The minimum Gasteiger partial charge on any atom is -0.159 e. The van der Waals surface area contributed by atoms with Gasteiger partial charge in [0.15, 0.2) is 0 Å². The lowest BCUT2D eigenvalue weighted by molar-refractivity contribution is 0.308. The number of hydrogen-bond acceptors (Lipinski definition) is 2. The quantitative estimate of drug-likeness (QED) is 0.313. The van der Waals surface area contributed by atoms with E-state index < -0.39 is 0 Å². The van der Waals surface area contributed by atoms with Gasteiger partial charge in [-0.15, -0.1) is 0 Å². The summed E-state index contributed by atoms with van der Waals surface area (Å²) in [6.45, 7) is 4.53. The zero-order valence-electron chi connectivity index (χ0n) is 18.2. The average Bonchev–Trinajstić information content (AvgIpc) is 2.77. The molecule has 0 aliphatic heterocycles. The van der Waals surface area contributed by atoms with Crippen molar-refractivity contribution in [2.75, 3.05) is 0 Å². The molecule has 0 amide bonds. The van der Waals surface area contributed by atoms with Gasteiger partial charge in [-0.25, -0.2) is 0 Å². The fraction of sp³-hybridized carbons (Fsp3) is 0.481. The molecule has 0 unspecified atom stereocenters. The fourth-order valence-corrected chi connectivity index (χ4v) is 4.40. The smallest absolute Gasteiger partial charge is 0.0568 e. The molecule has 0 radical (unpaired) electrons. The molecule has 3 rings (SSSR count). The SMILES string of the molecule is CCCCc1ccc(/C=N/N=C/c2ccc(C3CCC(CCC)CC3)cc2)cc1. The Labute approximate surface area is 177 Å². The van der Waals surface area contributed by atoms with Crippen LogP contribution in [-0.4, -0.2) is 12.4 Å². The third-order valence-electron chi connectivity index (χ3n) is 6.23. The molecular weight excluding hydrogens is 352 g/mol. The van der Waals surface area contributed by atoms with Crippen molar-refractivity contribution in [1.29, 1.82) is 0 Å². The van der Waals surface area contributed by atoms with Crippen LogP contribution >= 0.6 is 0 Å². The average molecular weight is 389 g/mol. The van der Waals surface area contributed by atoms with E-state index >= 15 is 0 Å². The van der Waals surface area contributed by atoms with Gasteiger partial charge in [0.2, 0.25) is 0 Å². The first kappa shape index (κ1) is 21.5. The van der Waals surface area contributed by atoms with Crippen LogP contribution in [0.3, 0.4) is 0 Å². The van der Waals surface area contributed by atoms with E-state index in [-0.39, 0.29) is 0 Å². The predicted octanol–water partition coefficient (Wildman–Crippen LogP) is 7.56. The Morgan fingerprint density at radius 1 is 0.759 bits per heavy atom. The lowest BCUT2D eigenvalue weighted by Crippen LogP contribution is -2.13. The lowest BCUT2D eigenvalue weighted by Gasteiger charge is -2.28. The van der Waals surface area contributed by atoms with Gasteiger partial charge in [-0.05, 0) is 72.6 Å². The highest BCUT2D eigenvalue weighted by Gasteiger charge is 2.21. The Bertz CT molecular complexity index is 763. The van der Waals surface area contributed by atoms with Crippen LogP contribution in [0.1, 0.15) is 93.4 Å². The van der Waals surface area contributed by atoms with Crippen LogP contribution in [0.25, 0.3) is 0 Å². The van der Waals surface area contributed by atoms with E-state index in [1.54, 1.807) is 0 Å². The van der Waals surface area contributed by atoms with Crippen molar-refractivity contribution >= 4 is 12.4 Å². The number of nitrogens with zero attached hydrogens (tertiary/aromatic N) is 2. The predicted molar refractivity (Wildman–Crippen MR) is 126 cm³/mol. The molecule has 0 N–H and O–H groups in total. The summed E-state index contributed by atoms with van der Waals surface area (Å²) in [5, 5.41) is 8.44. The number of benzene rings is 2. The first-order chi connectivity index (χ1) is 14.3. The second-order valence-corrected chi connectivity index (χ2v) is 8.51. The summed E-state index contributed by atoms with van der Waals surface area (Å²) in [6.07, 6.45) is 15.5. The molecule has 1 fully saturated rings. The Kier molecular flexibility index (Phi) is 8.67. The molecule has 0 atom stereocenters. The van der Waals surface area contributed by atoms with Crippen LogP contribution < -0.4 is 0 Å². The number of rotatable bonds is 9. The Morgan fingerprint density at radius 3 is 1.90 bits per heavy atom. The zero-order chi connectivity index (χ0) is 20.3. The largest absolute Gasteiger partial charge is 0.159 e. The number of hydrogen-bond donors (Lipinski definition) is 0. The summed E-state index contributed by atoms with van der Waals surface area (Å²) in [5.74, 6) is 1.71. The molecule has 2 nitrogen and oxygen atoms in total. The molecule has 2 aromatic rings. The van der Waals surface area contributed by atoms with Crippen molar-refractivity contribution in [3.8, 4) is 0 Å². The van der Waals surface area contributed by atoms with Crippen LogP contribution in [0.4, 0.5) is 0 Å². The van der Waals surface area contributed by atoms with Crippen LogP contribution in [0.2, 0.25) is 0 Å². The molecule has 1 aliphatic carbocycles. The summed E-state index contributed by atoms with van der Waals surface area (Å²) < 4.78 is 0. The first-order valence-electron chi connectivity index (χ1n) is 11.5. The van der Waals surface area contributed by atoms with E-state index in [1.807, 2.05) is 12.4 Å². The standard InChI is InChI=1S/C27H36N2/c1-3-5-7-23-8-10-24(11-9-23)20-28-29-21-25-14-18-27(19-15-25)26-16-12-22(6-4-2)13-17-26/h8-11,14-15,18-22,26H,3-7,12-13,16-17H2,1-2H3/b28-20+,29-21+. The van der Waals surface area contributed by atoms with Crippen LogP contribution in [-0.2, 0) is 6.42 Å². The molecule has 154 valence electrons. The van der Waals surface area contributed by atoms with Crippen molar-refractivity contribution < 1.29 is 0 Å². The van der Waals surface area contributed by atoms with Crippen LogP contribution in [0.5, 0.6) is 0 Å². The van der Waals surface area contributed by atoms with E-state index in [0.717, 1.165) is 29.4 Å². The van der Waals surface area contributed by atoms with E-state index in [2.05, 4.69) is 72.6 Å². The Balaban J connectivity index is 1.48. The highest BCUT2D eigenvalue weighted by atomic mass is 15.2. The van der Waals surface area contributed by atoms with Crippen molar-refractivity contribution in [2.24, 2.45) is 16.1 Å². The minimum atomic E-state index is 0.743. The summed E-state index contributed by atoms with van der Waals surface area (Å²) in [6, 6.07) is 17.5. The van der Waals surface area contributed by atoms with Gasteiger partial charge in [-0.2, -0.15) is 10.2 Å². The van der Waals surface area contributed by atoms with Gasteiger partial charge in [-0.1, -0.05) is 81.6 Å². The topological polar surface area (TPSA) is 24.7 Å². The first-order valence-corrected chi connectivity index (χ1v) is 11.5. The Hall–Kier alpha value is -2.22. The van der Waals surface area contributed by atoms with Gasteiger partial charge in [-0.3, -0.25) is 0 Å². The molecular formula is C27H36N2. The maximum atomic E-state index is 4.23. The lowest BCUT2D eigenvalue weighted by atomic mass is 9.77. The summed E-state index contributed by atoms with van der Waals surface area (Å²) >= 11 is 0. The number of unbranched alkanes of at least 4 members (excludes halogenated alkanes) is 1. The van der Waals surface area contributed by atoms with E-state index in [0.29, 0.717) is 0 Å². The third kappa shape index (κ3) is 6.96. The maximum absolute atomic E-state index is 4.23. The van der Waals surface area contributed by atoms with Crippen molar-refractivity contribution in [3.63, 3.8) is 0 Å².